The molecule has 1 aromatic carbocycles. The van der Waals surface area contributed by atoms with E-state index in [4.69, 9.17) is 0 Å². The van der Waals surface area contributed by atoms with Crippen LogP contribution in [0.3, 0.4) is 0 Å². The van der Waals surface area contributed by atoms with Gasteiger partial charge in [0.2, 0.25) is 11.8 Å². The third-order valence-electron chi connectivity index (χ3n) is 5.55. The molecule has 3 heterocycles. The lowest BCUT2D eigenvalue weighted by molar-refractivity contribution is -0.136. The first-order chi connectivity index (χ1) is 12.4. The zero-order valence-corrected chi connectivity index (χ0v) is 14.1. The molecule has 3 aliphatic heterocycles. The minimum Gasteiger partial charge on any atom is -0.382 e. The van der Waals surface area contributed by atoms with E-state index in [1.54, 1.807) is 18.2 Å². The van der Waals surface area contributed by atoms with Crippen molar-refractivity contribution in [1.82, 2.24) is 15.5 Å². The molecule has 3 amide bonds. The third-order valence-corrected chi connectivity index (χ3v) is 5.55. The van der Waals surface area contributed by atoms with Gasteiger partial charge < -0.3 is 15.3 Å². The predicted octanol–water partition coefficient (Wildman–Crippen LogP) is -0.0334. The Labute approximate surface area is 149 Å². The number of halogens is 1. The van der Waals surface area contributed by atoms with Crippen molar-refractivity contribution in [3.8, 4) is 0 Å². The Hall–Kier alpha value is -2.32. The molecule has 2 fully saturated rings. The summed E-state index contributed by atoms with van der Waals surface area (Å²) in [7, 11) is 0. The number of piperidine rings is 2. The summed E-state index contributed by atoms with van der Waals surface area (Å²) in [5.74, 6) is -1.08. The highest BCUT2D eigenvalue weighted by Crippen LogP contribution is 2.36. The molecular weight excluding hydrogens is 341 g/mol. The molecule has 0 aliphatic carbocycles. The van der Waals surface area contributed by atoms with E-state index >= 15 is 0 Å². The summed E-state index contributed by atoms with van der Waals surface area (Å²) >= 11 is 0. The van der Waals surface area contributed by atoms with Crippen LogP contribution in [0.4, 0.5) is 4.39 Å². The van der Waals surface area contributed by atoms with E-state index in [9.17, 15) is 23.9 Å². The maximum absolute atomic E-state index is 14.3. The first-order valence-corrected chi connectivity index (χ1v) is 8.75. The topological polar surface area (TPSA) is 98.7 Å². The van der Waals surface area contributed by atoms with Gasteiger partial charge in [0.05, 0.1) is 0 Å². The van der Waals surface area contributed by atoms with E-state index in [1.807, 2.05) is 0 Å². The number of carbonyl (C=O) groups excluding carboxylic acids is 3. The standard InChI is InChI=1S/C18H20FN3O4/c19-14-8-20-6-5-18(14,26)11-1-2-12-10(7-11)9-22(17(12)25)13-3-4-15(23)21-16(13)24/h1-2,7,13-14,20,26H,3-6,8-9H2,(H,21,23,24). The fourth-order valence-electron chi connectivity index (χ4n) is 4.00. The van der Waals surface area contributed by atoms with Gasteiger partial charge in [-0.15, -0.1) is 0 Å². The summed E-state index contributed by atoms with van der Waals surface area (Å²) in [5, 5.41) is 15.9. The van der Waals surface area contributed by atoms with Crippen molar-refractivity contribution in [2.24, 2.45) is 0 Å². The average Bonchev–Trinajstić information content (AvgIpc) is 2.94. The maximum Gasteiger partial charge on any atom is 0.255 e. The van der Waals surface area contributed by atoms with Crippen LogP contribution in [0.5, 0.6) is 0 Å². The van der Waals surface area contributed by atoms with E-state index in [1.165, 1.54) is 4.90 Å². The van der Waals surface area contributed by atoms with Crippen LogP contribution in [-0.2, 0) is 21.7 Å². The number of imide groups is 1. The Kier molecular flexibility index (Phi) is 4.04. The van der Waals surface area contributed by atoms with Gasteiger partial charge in [-0.25, -0.2) is 4.39 Å². The number of hydrogen-bond acceptors (Lipinski definition) is 5. The highest BCUT2D eigenvalue weighted by molar-refractivity contribution is 6.05. The van der Waals surface area contributed by atoms with Gasteiger partial charge in [0.25, 0.3) is 5.91 Å². The van der Waals surface area contributed by atoms with Crippen molar-refractivity contribution in [3.63, 3.8) is 0 Å². The van der Waals surface area contributed by atoms with Crippen molar-refractivity contribution in [3.05, 3.63) is 34.9 Å². The van der Waals surface area contributed by atoms with Crippen LogP contribution in [0.25, 0.3) is 0 Å². The van der Waals surface area contributed by atoms with Crippen molar-refractivity contribution in [2.45, 2.75) is 43.6 Å². The van der Waals surface area contributed by atoms with Gasteiger partial charge in [-0.3, -0.25) is 19.7 Å². The number of carbonyl (C=O) groups is 3. The van der Waals surface area contributed by atoms with Crippen LogP contribution in [0.1, 0.15) is 40.7 Å². The molecule has 0 spiro atoms. The molecule has 4 rings (SSSR count). The lowest BCUT2D eigenvalue weighted by atomic mass is 9.82. The Morgan fingerprint density at radius 1 is 1.27 bits per heavy atom. The first kappa shape index (κ1) is 17.1. The van der Waals surface area contributed by atoms with Crippen LogP contribution in [0.15, 0.2) is 18.2 Å². The van der Waals surface area contributed by atoms with Crippen molar-refractivity contribution in [2.75, 3.05) is 13.1 Å². The average molecular weight is 361 g/mol. The Bertz CT molecular complexity index is 799. The zero-order valence-electron chi connectivity index (χ0n) is 14.1. The number of amides is 3. The smallest absolute Gasteiger partial charge is 0.255 e. The lowest BCUT2D eigenvalue weighted by Crippen LogP contribution is -2.52. The van der Waals surface area contributed by atoms with Crippen molar-refractivity contribution in [1.29, 1.82) is 0 Å². The van der Waals surface area contributed by atoms with E-state index in [2.05, 4.69) is 10.6 Å². The molecule has 0 saturated carbocycles. The highest BCUT2D eigenvalue weighted by atomic mass is 19.1. The summed E-state index contributed by atoms with van der Waals surface area (Å²) in [5.41, 5.74) is -0.0170. The van der Waals surface area contributed by atoms with Crippen molar-refractivity contribution >= 4 is 17.7 Å². The van der Waals surface area contributed by atoms with Crippen LogP contribution in [0.2, 0.25) is 0 Å². The molecule has 1 aromatic rings. The monoisotopic (exact) mass is 361 g/mol. The normalized spacial score (nSPS) is 31.8. The molecule has 26 heavy (non-hydrogen) atoms. The second-order valence-corrected chi connectivity index (χ2v) is 7.12. The van der Waals surface area contributed by atoms with Crippen LogP contribution in [-0.4, -0.2) is 53.0 Å². The Morgan fingerprint density at radius 2 is 2.08 bits per heavy atom. The summed E-state index contributed by atoms with van der Waals surface area (Å²) in [4.78, 5) is 37.5. The summed E-state index contributed by atoms with van der Waals surface area (Å²) in [6.07, 6.45) is -0.701. The SMILES string of the molecule is O=C1CCC(N2Cc3cc(C4(O)CCNCC4F)ccc3C2=O)C(=O)N1. The summed E-state index contributed by atoms with van der Waals surface area (Å²) in [6.45, 7) is 0.795. The maximum atomic E-state index is 14.3. The second kappa shape index (κ2) is 6.14. The van der Waals surface area contributed by atoms with Gasteiger partial charge in [0, 0.05) is 25.1 Å². The molecule has 3 unspecified atom stereocenters. The zero-order chi connectivity index (χ0) is 18.5. The van der Waals surface area contributed by atoms with E-state index < -0.39 is 23.7 Å². The largest absolute Gasteiger partial charge is 0.382 e. The molecule has 3 N–H and O–H groups in total. The molecule has 7 nitrogen and oxygen atoms in total. The molecule has 2 saturated heterocycles. The molecule has 0 bridgehead atoms. The number of alkyl halides is 1. The van der Waals surface area contributed by atoms with Gasteiger partial charge in [0.1, 0.15) is 17.8 Å². The number of nitrogens with zero attached hydrogens (tertiary/aromatic N) is 1. The quantitative estimate of drug-likeness (QED) is 0.643. The molecule has 3 aliphatic rings. The fourth-order valence-corrected chi connectivity index (χ4v) is 4.00. The van der Waals surface area contributed by atoms with Gasteiger partial charge in [-0.2, -0.15) is 0 Å². The van der Waals surface area contributed by atoms with Gasteiger partial charge in [0.15, 0.2) is 0 Å². The molecule has 8 heteroatoms. The lowest BCUT2D eigenvalue weighted by Gasteiger charge is -2.36. The second-order valence-electron chi connectivity index (χ2n) is 7.12. The van der Waals surface area contributed by atoms with E-state index in [0.29, 0.717) is 29.7 Å². The highest BCUT2D eigenvalue weighted by Gasteiger charge is 2.43. The number of rotatable bonds is 2. The van der Waals surface area contributed by atoms with Crippen molar-refractivity contribution < 1.29 is 23.9 Å². The fraction of sp³-hybridized carbons (Fsp3) is 0.500. The predicted molar refractivity (Wildman–Crippen MR) is 88.8 cm³/mol. The molecule has 0 radical (unpaired) electrons. The number of nitrogens with one attached hydrogen (secondary N) is 2. The van der Waals surface area contributed by atoms with E-state index in [0.717, 1.165) is 0 Å². The molecular formula is C18H20FN3O4. The number of aliphatic hydroxyl groups is 1. The number of fused-ring (bicyclic) bond motifs is 1. The van der Waals surface area contributed by atoms with Crippen LogP contribution < -0.4 is 10.6 Å². The van der Waals surface area contributed by atoms with Crippen LogP contribution in [0, 0.1) is 0 Å². The minimum absolute atomic E-state index is 0.0783. The third kappa shape index (κ3) is 2.60. The number of hydrogen-bond donors (Lipinski definition) is 3. The Balaban J connectivity index is 1.61. The van der Waals surface area contributed by atoms with Crippen LogP contribution >= 0.6 is 0 Å². The molecule has 138 valence electrons. The Morgan fingerprint density at radius 3 is 2.81 bits per heavy atom. The van der Waals surface area contributed by atoms with Gasteiger partial charge in [-0.1, -0.05) is 12.1 Å². The minimum atomic E-state index is -1.58. The summed E-state index contributed by atoms with van der Waals surface area (Å²) < 4.78 is 14.3. The molecule has 3 atom stereocenters. The van der Waals surface area contributed by atoms with E-state index in [-0.39, 0.29) is 37.7 Å². The van der Waals surface area contributed by atoms with Gasteiger partial charge >= 0.3 is 0 Å². The number of benzene rings is 1. The van der Waals surface area contributed by atoms with Gasteiger partial charge in [-0.05, 0) is 36.6 Å². The summed E-state index contributed by atoms with van der Waals surface area (Å²) in [6, 6.07) is 4.15. The molecule has 0 aromatic heterocycles. The first-order valence-electron chi connectivity index (χ1n) is 8.75.